The lowest BCUT2D eigenvalue weighted by molar-refractivity contribution is 1.47. The van der Waals surface area contributed by atoms with Crippen molar-refractivity contribution in [3.8, 4) is 11.1 Å². The summed E-state index contributed by atoms with van der Waals surface area (Å²) in [6.45, 7) is 12.2. The molecule has 26 heavy (non-hydrogen) atoms. The van der Waals surface area contributed by atoms with Gasteiger partial charge in [0, 0.05) is 11.3 Å². The van der Waals surface area contributed by atoms with E-state index in [-0.39, 0.29) is 0 Å². The van der Waals surface area contributed by atoms with E-state index in [0.717, 1.165) is 39.2 Å². The molecule has 0 amide bonds. The van der Waals surface area contributed by atoms with Gasteiger partial charge in [-0.25, -0.2) is 0 Å². The first-order chi connectivity index (χ1) is 12.5. The number of hydrogen-bond acceptors (Lipinski definition) is 1. The Bertz CT molecular complexity index is 978. The van der Waals surface area contributed by atoms with Crippen LogP contribution in [0.1, 0.15) is 30.5 Å². The molecular weight excluding hydrogens is 314 g/mol. The van der Waals surface area contributed by atoms with Gasteiger partial charge in [0.15, 0.2) is 0 Å². The van der Waals surface area contributed by atoms with Crippen molar-refractivity contribution in [3.05, 3.63) is 109 Å². The van der Waals surface area contributed by atoms with Crippen LogP contribution in [0.5, 0.6) is 0 Å². The monoisotopic (exact) mass is 337 g/mol. The van der Waals surface area contributed by atoms with Crippen molar-refractivity contribution >= 4 is 17.0 Å². The molecule has 0 unspecified atom stereocenters. The summed E-state index contributed by atoms with van der Waals surface area (Å²) in [7, 11) is 0. The Morgan fingerprint density at radius 3 is 1.81 bits per heavy atom. The smallest absolute Gasteiger partial charge is 0.0633 e. The van der Waals surface area contributed by atoms with Crippen LogP contribution in [0.3, 0.4) is 0 Å². The first-order valence-corrected chi connectivity index (χ1v) is 8.71. The van der Waals surface area contributed by atoms with Crippen LogP contribution < -0.4 is 0 Å². The Morgan fingerprint density at radius 2 is 1.19 bits per heavy atom. The highest BCUT2D eigenvalue weighted by Gasteiger charge is 2.04. The van der Waals surface area contributed by atoms with Crippen molar-refractivity contribution in [1.82, 2.24) is 0 Å². The van der Waals surface area contributed by atoms with E-state index in [1.807, 2.05) is 32.0 Å². The Hall–Kier alpha value is -3.19. The van der Waals surface area contributed by atoms with Crippen LogP contribution >= 0.6 is 0 Å². The summed E-state index contributed by atoms with van der Waals surface area (Å²) in [6, 6.07) is 27.0. The van der Waals surface area contributed by atoms with E-state index in [1.165, 1.54) is 5.56 Å². The van der Waals surface area contributed by atoms with Crippen LogP contribution in [0.2, 0.25) is 0 Å². The molecule has 1 heteroatoms. The van der Waals surface area contributed by atoms with E-state index in [4.69, 9.17) is 4.99 Å². The van der Waals surface area contributed by atoms with Crippen LogP contribution in [0.4, 0.5) is 0 Å². The van der Waals surface area contributed by atoms with Gasteiger partial charge in [-0.3, -0.25) is 4.99 Å². The predicted molar refractivity (Wildman–Crippen MR) is 114 cm³/mol. The van der Waals surface area contributed by atoms with Gasteiger partial charge in [0.1, 0.15) is 0 Å². The molecule has 1 nitrogen and oxygen atoms in total. The Kier molecular flexibility index (Phi) is 5.28. The second kappa shape index (κ2) is 7.79. The van der Waals surface area contributed by atoms with E-state index in [9.17, 15) is 0 Å². The molecule has 0 fully saturated rings. The maximum atomic E-state index is 4.71. The third-order valence-electron chi connectivity index (χ3n) is 4.38. The van der Waals surface area contributed by atoms with Crippen molar-refractivity contribution in [2.75, 3.05) is 0 Å². The van der Waals surface area contributed by atoms with E-state index < -0.39 is 0 Å². The number of aliphatic imine (C=N–C) groups is 1. The van der Waals surface area contributed by atoms with E-state index in [1.54, 1.807) is 0 Å². The molecule has 3 rings (SSSR count). The zero-order chi connectivity index (χ0) is 18.5. The summed E-state index contributed by atoms with van der Waals surface area (Å²) in [5, 5.41) is 0. The largest absolute Gasteiger partial charge is 0.253 e. The minimum atomic E-state index is 0.768. The first-order valence-electron chi connectivity index (χ1n) is 8.71. The molecule has 3 aromatic rings. The van der Waals surface area contributed by atoms with Crippen LogP contribution in [0, 0.1) is 0 Å². The van der Waals surface area contributed by atoms with Crippen LogP contribution in [0.15, 0.2) is 97.0 Å². The van der Waals surface area contributed by atoms with Gasteiger partial charge in [0.05, 0.1) is 5.70 Å². The standard InChI is InChI=1S/C25H23N/c1-18(2)22-12-8-14-24(16-22)25-15-9-13-23(17-25)20(4)26-19(3)21-10-6-5-7-11-21/h5-17H,1,4H2,2-3H3/b26-19+. The third-order valence-corrected chi connectivity index (χ3v) is 4.38. The van der Waals surface area contributed by atoms with Crippen molar-refractivity contribution in [2.45, 2.75) is 13.8 Å². The summed E-state index contributed by atoms with van der Waals surface area (Å²) in [5.41, 5.74) is 8.41. The zero-order valence-electron chi connectivity index (χ0n) is 15.4. The molecule has 0 aromatic heterocycles. The summed E-state index contributed by atoms with van der Waals surface area (Å²) in [5.74, 6) is 0. The quantitative estimate of drug-likeness (QED) is 0.451. The fraction of sp³-hybridized carbons (Fsp3) is 0.0800. The van der Waals surface area contributed by atoms with Crippen molar-refractivity contribution < 1.29 is 0 Å². The highest BCUT2D eigenvalue weighted by atomic mass is 14.7. The first kappa shape index (κ1) is 17.6. The maximum absolute atomic E-state index is 4.71. The molecular formula is C25H23N. The molecule has 0 aliphatic heterocycles. The Morgan fingerprint density at radius 1 is 0.654 bits per heavy atom. The molecule has 0 bridgehead atoms. The van der Waals surface area contributed by atoms with Crippen LogP contribution in [-0.2, 0) is 0 Å². The minimum Gasteiger partial charge on any atom is -0.253 e. The van der Waals surface area contributed by atoms with Gasteiger partial charge in [0.25, 0.3) is 0 Å². The van der Waals surface area contributed by atoms with Crippen LogP contribution in [0.25, 0.3) is 22.4 Å². The number of benzene rings is 3. The van der Waals surface area contributed by atoms with E-state index in [2.05, 4.69) is 73.8 Å². The van der Waals surface area contributed by atoms with Gasteiger partial charge in [-0.2, -0.15) is 0 Å². The average molecular weight is 337 g/mol. The van der Waals surface area contributed by atoms with Gasteiger partial charge >= 0.3 is 0 Å². The Labute approximate surface area is 156 Å². The number of hydrogen-bond donors (Lipinski definition) is 0. The number of rotatable bonds is 5. The predicted octanol–water partition coefficient (Wildman–Crippen LogP) is 6.87. The van der Waals surface area contributed by atoms with E-state index >= 15 is 0 Å². The highest BCUT2D eigenvalue weighted by Crippen LogP contribution is 2.26. The lowest BCUT2D eigenvalue weighted by Gasteiger charge is -2.09. The second-order valence-electron chi connectivity index (χ2n) is 6.45. The second-order valence-corrected chi connectivity index (χ2v) is 6.45. The molecule has 0 atom stereocenters. The molecule has 0 aliphatic carbocycles. The molecule has 0 heterocycles. The Balaban J connectivity index is 1.91. The average Bonchev–Trinajstić information content (AvgIpc) is 2.68. The van der Waals surface area contributed by atoms with Gasteiger partial charge in [0.2, 0.25) is 0 Å². The van der Waals surface area contributed by atoms with Crippen molar-refractivity contribution in [1.29, 1.82) is 0 Å². The summed E-state index contributed by atoms with van der Waals surface area (Å²) in [4.78, 5) is 4.71. The minimum absolute atomic E-state index is 0.768. The highest BCUT2D eigenvalue weighted by molar-refractivity contribution is 6.01. The molecule has 0 radical (unpaired) electrons. The number of nitrogens with zero attached hydrogens (tertiary/aromatic N) is 1. The molecule has 128 valence electrons. The zero-order valence-corrected chi connectivity index (χ0v) is 15.4. The fourth-order valence-electron chi connectivity index (χ4n) is 2.85. The van der Waals surface area contributed by atoms with Crippen molar-refractivity contribution in [2.24, 2.45) is 4.99 Å². The molecule has 0 spiro atoms. The SMILES string of the molecule is C=C(C)c1cccc(-c2cccc(C(=C)/N=C(\C)c3ccccc3)c2)c1. The van der Waals surface area contributed by atoms with Gasteiger partial charge in [-0.1, -0.05) is 85.5 Å². The van der Waals surface area contributed by atoms with Crippen LogP contribution in [-0.4, -0.2) is 5.71 Å². The summed E-state index contributed by atoms with van der Waals surface area (Å²) in [6.07, 6.45) is 0. The summed E-state index contributed by atoms with van der Waals surface area (Å²) >= 11 is 0. The maximum Gasteiger partial charge on any atom is 0.0633 e. The normalized spacial score (nSPS) is 11.2. The molecule has 3 aromatic carbocycles. The lowest BCUT2D eigenvalue weighted by atomic mass is 9.98. The molecule has 0 saturated heterocycles. The van der Waals surface area contributed by atoms with Gasteiger partial charge in [-0.05, 0) is 48.2 Å². The number of allylic oxidation sites excluding steroid dienone is 1. The summed E-state index contributed by atoms with van der Waals surface area (Å²) < 4.78 is 0. The fourth-order valence-corrected chi connectivity index (χ4v) is 2.85. The lowest BCUT2D eigenvalue weighted by Crippen LogP contribution is -1.94. The van der Waals surface area contributed by atoms with Crippen molar-refractivity contribution in [3.63, 3.8) is 0 Å². The molecule has 0 saturated carbocycles. The van der Waals surface area contributed by atoms with Gasteiger partial charge in [-0.15, -0.1) is 0 Å². The molecule has 0 aliphatic rings. The molecule has 0 N–H and O–H groups in total. The third kappa shape index (κ3) is 4.07. The van der Waals surface area contributed by atoms with Gasteiger partial charge < -0.3 is 0 Å². The van der Waals surface area contributed by atoms with E-state index in [0.29, 0.717) is 0 Å². The topological polar surface area (TPSA) is 12.4 Å².